The molecule has 1 heterocycles. The van der Waals surface area contributed by atoms with Crippen molar-refractivity contribution in [2.45, 2.75) is 33.6 Å². The Kier molecular flexibility index (Phi) is 2.86. The molecule has 0 spiro atoms. The van der Waals surface area contributed by atoms with Crippen molar-refractivity contribution in [2.75, 3.05) is 0 Å². The SMILES string of the molecule is Cc1oc(C(C)C)c(C)c1-c1ccccc1. The Morgan fingerprint density at radius 2 is 1.62 bits per heavy atom. The van der Waals surface area contributed by atoms with Crippen LogP contribution in [0.15, 0.2) is 34.7 Å². The van der Waals surface area contributed by atoms with E-state index in [-0.39, 0.29) is 0 Å². The van der Waals surface area contributed by atoms with Crippen molar-refractivity contribution >= 4 is 0 Å². The van der Waals surface area contributed by atoms with Crippen LogP contribution in [-0.2, 0) is 0 Å². The van der Waals surface area contributed by atoms with Gasteiger partial charge >= 0.3 is 0 Å². The van der Waals surface area contributed by atoms with Crippen molar-refractivity contribution in [3.8, 4) is 11.1 Å². The first-order valence-electron chi connectivity index (χ1n) is 5.76. The molecule has 2 aromatic rings. The summed E-state index contributed by atoms with van der Waals surface area (Å²) in [6.45, 7) is 8.52. The standard InChI is InChI=1S/C15H18O/c1-10(2)15-11(3)14(12(4)16-15)13-8-6-5-7-9-13/h5-10H,1-4H3. The van der Waals surface area contributed by atoms with Crippen LogP contribution in [-0.4, -0.2) is 0 Å². The predicted molar refractivity (Wildman–Crippen MR) is 67.7 cm³/mol. The van der Waals surface area contributed by atoms with Crippen LogP contribution in [0, 0.1) is 13.8 Å². The van der Waals surface area contributed by atoms with Gasteiger partial charge in [0.2, 0.25) is 0 Å². The molecule has 0 aliphatic rings. The second-order valence-electron chi connectivity index (χ2n) is 4.54. The van der Waals surface area contributed by atoms with Gasteiger partial charge < -0.3 is 4.42 Å². The molecule has 0 aliphatic carbocycles. The van der Waals surface area contributed by atoms with Crippen LogP contribution >= 0.6 is 0 Å². The highest BCUT2D eigenvalue weighted by Gasteiger charge is 2.17. The van der Waals surface area contributed by atoms with Gasteiger partial charge in [0.1, 0.15) is 11.5 Å². The zero-order valence-corrected chi connectivity index (χ0v) is 10.4. The van der Waals surface area contributed by atoms with Gasteiger partial charge in [-0.1, -0.05) is 44.2 Å². The van der Waals surface area contributed by atoms with E-state index in [0.717, 1.165) is 11.5 Å². The van der Waals surface area contributed by atoms with Gasteiger partial charge in [0.15, 0.2) is 0 Å². The lowest BCUT2D eigenvalue weighted by atomic mass is 9.98. The highest BCUT2D eigenvalue weighted by molar-refractivity contribution is 5.70. The molecule has 2 rings (SSSR count). The maximum Gasteiger partial charge on any atom is 0.110 e. The Hall–Kier alpha value is -1.50. The Balaban J connectivity index is 2.58. The van der Waals surface area contributed by atoms with E-state index in [9.17, 15) is 0 Å². The number of aryl methyl sites for hydroxylation is 1. The largest absolute Gasteiger partial charge is 0.465 e. The van der Waals surface area contributed by atoms with Crippen molar-refractivity contribution < 1.29 is 4.42 Å². The first kappa shape index (κ1) is 11.0. The van der Waals surface area contributed by atoms with E-state index < -0.39 is 0 Å². The minimum Gasteiger partial charge on any atom is -0.465 e. The minimum absolute atomic E-state index is 0.441. The maximum atomic E-state index is 5.86. The van der Waals surface area contributed by atoms with E-state index in [1.807, 2.05) is 13.0 Å². The van der Waals surface area contributed by atoms with Gasteiger partial charge in [-0.15, -0.1) is 0 Å². The van der Waals surface area contributed by atoms with E-state index in [4.69, 9.17) is 4.42 Å². The van der Waals surface area contributed by atoms with Crippen molar-refractivity contribution in [1.29, 1.82) is 0 Å². The summed E-state index contributed by atoms with van der Waals surface area (Å²) in [5.41, 5.74) is 3.77. The van der Waals surface area contributed by atoms with Gasteiger partial charge in [-0.3, -0.25) is 0 Å². The van der Waals surface area contributed by atoms with Gasteiger partial charge in [0.25, 0.3) is 0 Å². The van der Waals surface area contributed by atoms with Crippen LogP contribution in [0.3, 0.4) is 0 Å². The molecule has 0 unspecified atom stereocenters. The second kappa shape index (κ2) is 4.17. The van der Waals surface area contributed by atoms with Gasteiger partial charge in [-0.05, 0) is 25.0 Å². The quantitative estimate of drug-likeness (QED) is 0.707. The molecular formula is C15H18O. The fourth-order valence-corrected chi connectivity index (χ4v) is 2.26. The van der Waals surface area contributed by atoms with Gasteiger partial charge in [-0.2, -0.15) is 0 Å². The summed E-state index contributed by atoms with van der Waals surface area (Å²) in [5.74, 6) is 2.57. The number of hydrogen-bond donors (Lipinski definition) is 0. The van der Waals surface area contributed by atoms with E-state index in [1.54, 1.807) is 0 Å². The topological polar surface area (TPSA) is 13.1 Å². The van der Waals surface area contributed by atoms with Crippen molar-refractivity contribution in [1.82, 2.24) is 0 Å². The molecule has 0 fully saturated rings. The second-order valence-corrected chi connectivity index (χ2v) is 4.54. The van der Waals surface area contributed by atoms with Gasteiger partial charge in [-0.25, -0.2) is 0 Å². The number of furan rings is 1. The summed E-state index contributed by atoms with van der Waals surface area (Å²) >= 11 is 0. The van der Waals surface area contributed by atoms with E-state index >= 15 is 0 Å². The minimum atomic E-state index is 0.441. The fourth-order valence-electron chi connectivity index (χ4n) is 2.26. The molecule has 1 aromatic heterocycles. The van der Waals surface area contributed by atoms with E-state index in [0.29, 0.717) is 5.92 Å². The average Bonchev–Trinajstić information content (AvgIpc) is 2.56. The molecule has 0 bridgehead atoms. The third-order valence-electron chi connectivity index (χ3n) is 2.95. The maximum absolute atomic E-state index is 5.86. The van der Waals surface area contributed by atoms with Gasteiger partial charge in [0, 0.05) is 11.5 Å². The van der Waals surface area contributed by atoms with Crippen molar-refractivity contribution in [3.63, 3.8) is 0 Å². The predicted octanol–water partition coefficient (Wildman–Crippen LogP) is 4.69. The molecule has 1 heteroatoms. The number of hydrogen-bond acceptors (Lipinski definition) is 1. The molecule has 0 amide bonds. The Bertz CT molecular complexity index is 478. The van der Waals surface area contributed by atoms with Crippen LogP contribution < -0.4 is 0 Å². The normalized spacial score (nSPS) is 11.1. The summed E-state index contributed by atoms with van der Waals surface area (Å²) in [6.07, 6.45) is 0. The third-order valence-corrected chi connectivity index (χ3v) is 2.95. The van der Waals surface area contributed by atoms with Crippen molar-refractivity contribution in [3.05, 3.63) is 47.4 Å². The van der Waals surface area contributed by atoms with E-state index in [1.165, 1.54) is 16.7 Å². The lowest BCUT2D eigenvalue weighted by Crippen LogP contribution is -1.87. The molecule has 16 heavy (non-hydrogen) atoms. The Labute approximate surface area is 97.1 Å². The molecule has 84 valence electrons. The number of rotatable bonds is 2. The summed E-state index contributed by atoms with van der Waals surface area (Å²) in [7, 11) is 0. The molecule has 0 atom stereocenters. The molecule has 0 saturated carbocycles. The molecule has 0 saturated heterocycles. The first-order chi connectivity index (χ1) is 7.61. The zero-order chi connectivity index (χ0) is 11.7. The van der Waals surface area contributed by atoms with E-state index in [2.05, 4.69) is 45.0 Å². The smallest absolute Gasteiger partial charge is 0.110 e. The average molecular weight is 214 g/mol. The van der Waals surface area contributed by atoms with Crippen molar-refractivity contribution in [2.24, 2.45) is 0 Å². The van der Waals surface area contributed by atoms with Crippen LogP contribution in [0.25, 0.3) is 11.1 Å². The summed E-state index contributed by atoms with van der Waals surface area (Å²) in [5, 5.41) is 0. The Morgan fingerprint density at radius 3 is 2.12 bits per heavy atom. The molecule has 0 aliphatic heterocycles. The lowest BCUT2D eigenvalue weighted by molar-refractivity contribution is 0.461. The monoisotopic (exact) mass is 214 g/mol. The summed E-state index contributed by atoms with van der Waals surface area (Å²) < 4.78 is 5.86. The highest BCUT2D eigenvalue weighted by Crippen LogP contribution is 2.34. The highest BCUT2D eigenvalue weighted by atomic mass is 16.3. The third kappa shape index (κ3) is 1.78. The molecular weight excluding hydrogens is 196 g/mol. The molecule has 1 aromatic carbocycles. The fraction of sp³-hybridized carbons (Fsp3) is 0.333. The molecule has 0 N–H and O–H groups in total. The van der Waals surface area contributed by atoms with Crippen LogP contribution in [0.5, 0.6) is 0 Å². The van der Waals surface area contributed by atoms with Crippen LogP contribution in [0.2, 0.25) is 0 Å². The number of benzene rings is 1. The Morgan fingerprint density at radius 1 is 1.00 bits per heavy atom. The molecule has 0 radical (unpaired) electrons. The van der Waals surface area contributed by atoms with Crippen LogP contribution in [0.4, 0.5) is 0 Å². The van der Waals surface area contributed by atoms with Gasteiger partial charge in [0.05, 0.1) is 0 Å². The summed E-state index contributed by atoms with van der Waals surface area (Å²) in [6, 6.07) is 10.4. The van der Waals surface area contributed by atoms with Crippen LogP contribution in [0.1, 0.15) is 36.8 Å². The zero-order valence-electron chi connectivity index (χ0n) is 10.4. The summed E-state index contributed by atoms with van der Waals surface area (Å²) in [4.78, 5) is 0. The first-order valence-corrected chi connectivity index (χ1v) is 5.76. The molecule has 1 nitrogen and oxygen atoms in total. The lowest BCUT2D eigenvalue weighted by Gasteiger charge is -2.03.